The van der Waals surface area contributed by atoms with E-state index in [1.54, 1.807) is 0 Å². The van der Waals surface area contributed by atoms with Crippen LogP contribution in [0.15, 0.2) is 12.2 Å². The maximum atomic E-state index is 12.6. The van der Waals surface area contributed by atoms with E-state index in [0.717, 1.165) is 51.4 Å². The van der Waals surface area contributed by atoms with Gasteiger partial charge in [-0.3, -0.25) is 18.6 Å². The van der Waals surface area contributed by atoms with Crippen LogP contribution in [0.25, 0.3) is 0 Å². The van der Waals surface area contributed by atoms with E-state index in [9.17, 15) is 19.0 Å². The summed E-state index contributed by atoms with van der Waals surface area (Å²) in [7, 11) is -4.37. The molecule has 0 aromatic carbocycles. The van der Waals surface area contributed by atoms with E-state index in [4.69, 9.17) is 24.3 Å². The van der Waals surface area contributed by atoms with E-state index in [2.05, 4.69) is 26.0 Å². The molecule has 10 heteroatoms. The van der Waals surface area contributed by atoms with Crippen LogP contribution >= 0.6 is 7.82 Å². The highest BCUT2D eigenvalue weighted by atomic mass is 31.2. The van der Waals surface area contributed by atoms with Gasteiger partial charge in [0.25, 0.3) is 0 Å². The normalized spacial score (nSPS) is 13.4. The third-order valence-corrected chi connectivity index (χ3v) is 10.4. The van der Waals surface area contributed by atoms with Gasteiger partial charge >= 0.3 is 19.8 Å². The van der Waals surface area contributed by atoms with Gasteiger partial charge in [0, 0.05) is 19.4 Å². The molecule has 52 heavy (non-hydrogen) atoms. The first-order valence-corrected chi connectivity index (χ1v) is 23.2. The summed E-state index contributed by atoms with van der Waals surface area (Å²) < 4.78 is 32.8. The van der Waals surface area contributed by atoms with Crippen molar-refractivity contribution < 1.29 is 37.6 Å². The lowest BCUT2D eigenvalue weighted by molar-refractivity contribution is -0.161. The highest BCUT2D eigenvalue weighted by Crippen LogP contribution is 2.43. The largest absolute Gasteiger partial charge is 0.472 e. The smallest absolute Gasteiger partial charge is 0.462 e. The zero-order valence-electron chi connectivity index (χ0n) is 33.8. The Morgan fingerprint density at radius 2 is 0.942 bits per heavy atom. The zero-order chi connectivity index (χ0) is 38.2. The van der Waals surface area contributed by atoms with Crippen LogP contribution in [0.1, 0.15) is 213 Å². The van der Waals surface area contributed by atoms with E-state index < -0.39 is 26.5 Å². The number of unbranched alkanes of at least 4 members (excludes halogenated alkanes) is 26. The molecule has 0 saturated heterocycles. The summed E-state index contributed by atoms with van der Waals surface area (Å²) in [6, 6.07) is 0. The third kappa shape index (κ3) is 38.5. The number of hydrogen-bond acceptors (Lipinski definition) is 8. The van der Waals surface area contributed by atoms with E-state index in [1.165, 1.54) is 128 Å². The number of carbonyl (C=O) groups excluding carboxylic acids is 2. The molecular weight excluding hydrogens is 677 g/mol. The first-order valence-electron chi connectivity index (χ1n) is 21.7. The van der Waals surface area contributed by atoms with Crippen molar-refractivity contribution in [3.8, 4) is 0 Å². The minimum absolute atomic E-state index is 0.0548. The number of ether oxygens (including phenoxy) is 2. The molecule has 0 aliphatic rings. The van der Waals surface area contributed by atoms with E-state index in [0.29, 0.717) is 6.42 Å². The zero-order valence-corrected chi connectivity index (χ0v) is 34.7. The van der Waals surface area contributed by atoms with Crippen molar-refractivity contribution in [3.63, 3.8) is 0 Å². The van der Waals surface area contributed by atoms with Gasteiger partial charge in [0.05, 0.1) is 13.2 Å². The molecule has 0 rings (SSSR count). The van der Waals surface area contributed by atoms with Crippen molar-refractivity contribution in [2.75, 3.05) is 26.4 Å². The first kappa shape index (κ1) is 50.8. The summed E-state index contributed by atoms with van der Waals surface area (Å²) in [6.07, 6.45) is 39.5. The van der Waals surface area contributed by atoms with Gasteiger partial charge in [-0.15, -0.1) is 0 Å². The number of esters is 2. The fourth-order valence-electron chi connectivity index (χ4n) is 6.16. The summed E-state index contributed by atoms with van der Waals surface area (Å²) in [4.78, 5) is 34.8. The maximum Gasteiger partial charge on any atom is 0.472 e. The van der Waals surface area contributed by atoms with Crippen molar-refractivity contribution >= 4 is 19.8 Å². The molecule has 0 aliphatic heterocycles. The Kier molecular flexibility index (Phi) is 38.5. The topological polar surface area (TPSA) is 134 Å². The highest BCUT2D eigenvalue weighted by Gasteiger charge is 2.26. The van der Waals surface area contributed by atoms with Crippen LogP contribution < -0.4 is 5.73 Å². The maximum absolute atomic E-state index is 12.6. The molecule has 0 radical (unpaired) electrons. The monoisotopic (exact) mass is 760 g/mol. The van der Waals surface area contributed by atoms with Crippen molar-refractivity contribution in [2.45, 2.75) is 219 Å². The molecule has 1 unspecified atom stereocenters. The molecule has 9 nitrogen and oxygen atoms in total. The van der Waals surface area contributed by atoms with Gasteiger partial charge in [0.15, 0.2) is 6.10 Å². The van der Waals surface area contributed by atoms with Crippen LogP contribution in [0.5, 0.6) is 0 Å². The van der Waals surface area contributed by atoms with Crippen molar-refractivity contribution in [1.29, 1.82) is 0 Å². The molecule has 0 saturated carbocycles. The third-order valence-electron chi connectivity index (χ3n) is 9.40. The van der Waals surface area contributed by atoms with Gasteiger partial charge in [0.1, 0.15) is 6.61 Å². The first-order chi connectivity index (χ1) is 25.3. The molecule has 0 spiro atoms. The predicted molar refractivity (Wildman–Crippen MR) is 215 cm³/mol. The van der Waals surface area contributed by atoms with E-state index >= 15 is 0 Å². The minimum atomic E-state index is -4.37. The van der Waals surface area contributed by atoms with Gasteiger partial charge in [-0.1, -0.05) is 174 Å². The lowest BCUT2D eigenvalue weighted by atomic mass is 10.0. The summed E-state index contributed by atoms with van der Waals surface area (Å²) in [5, 5.41) is 0. The Morgan fingerprint density at radius 1 is 0.558 bits per heavy atom. The second-order valence-corrected chi connectivity index (χ2v) is 16.0. The van der Waals surface area contributed by atoms with Gasteiger partial charge in [-0.05, 0) is 38.5 Å². The summed E-state index contributed by atoms with van der Waals surface area (Å²) in [6.45, 7) is 3.75. The number of carbonyl (C=O) groups is 2. The second-order valence-electron chi connectivity index (χ2n) is 14.6. The number of phosphoric acid groups is 1. The quantitative estimate of drug-likeness (QED) is 0.0270. The van der Waals surface area contributed by atoms with Crippen LogP contribution in [0.4, 0.5) is 0 Å². The van der Waals surface area contributed by atoms with Crippen LogP contribution in [-0.2, 0) is 32.7 Å². The average Bonchev–Trinajstić information content (AvgIpc) is 3.13. The average molecular weight is 760 g/mol. The van der Waals surface area contributed by atoms with Crippen LogP contribution in [0.3, 0.4) is 0 Å². The number of allylic oxidation sites excluding steroid dienone is 2. The van der Waals surface area contributed by atoms with Crippen LogP contribution in [0, 0.1) is 0 Å². The summed E-state index contributed by atoms with van der Waals surface area (Å²) in [5.41, 5.74) is 5.34. The fourth-order valence-corrected chi connectivity index (χ4v) is 6.92. The molecule has 308 valence electrons. The molecule has 0 bridgehead atoms. The van der Waals surface area contributed by atoms with Gasteiger partial charge < -0.3 is 20.1 Å². The molecule has 2 atom stereocenters. The van der Waals surface area contributed by atoms with Crippen molar-refractivity contribution in [1.82, 2.24) is 0 Å². The Balaban J connectivity index is 4.14. The summed E-state index contributed by atoms with van der Waals surface area (Å²) >= 11 is 0. The molecule has 0 amide bonds. The molecular formula is C42H82NO8P. The number of hydrogen-bond donors (Lipinski definition) is 2. The molecule has 0 heterocycles. The van der Waals surface area contributed by atoms with Crippen LogP contribution in [-0.4, -0.2) is 49.3 Å². The standard InChI is InChI=1S/C42H82NO8P/c1-3-5-7-9-11-13-15-17-19-21-23-25-27-29-31-33-35-42(45)51-40(39-50-52(46,47)49-37-36-43)38-48-41(44)34-32-30-28-26-24-22-20-18-16-14-12-10-8-6-4-2/h19,21,40H,3-18,20,22-39,43H2,1-2H3,(H,46,47)/b21-19-/t40-/m1/s1. The fraction of sp³-hybridized carbons (Fsp3) is 0.905. The SMILES string of the molecule is CCCCCCCCC/C=C\CCCCCCCC(=O)O[C@H](COC(=O)CCCCCCCCCCCCCCCCC)COP(=O)(O)OCCN. The number of phosphoric ester groups is 1. The Hall–Kier alpha value is -1.25. The number of rotatable bonds is 41. The van der Waals surface area contributed by atoms with Crippen LogP contribution in [0.2, 0.25) is 0 Å². The van der Waals surface area contributed by atoms with E-state index in [-0.39, 0.29) is 38.6 Å². The van der Waals surface area contributed by atoms with Crippen molar-refractivity contribution in [3.05, 3.63) is 12.2 Å². The molecule has 3 N–H and O–H groups in total. The van der Waals surface area contributed by atoms with Crippen molar-refractivity contribution in [2.24, 2.45) is 5.73 Å². The van der Waals surface area contributed by atoms with Gasteiger partial charge in [-0.25, -0.2) is 4.57 Å². The highest BCUT2D eigenvalue weighted by molar-refractivity contribution is 7.47. The molecule has 0 aliphatic carbocycles. The summed E-state index contributed by atoms with van der Waals surface area (Å²) in [5.74, 6) is -0.828. The van der Waals surface area contributed by atoms with Gasteiger partial charge in [0.2, 0.25) is 0 Å². The minimum Gasteiger partial charge on any atom is -0.462 e. The molecule has 0 aromatic rings. The Bertz CT molecular complexity index is 871. The Morgan fingerprint density at radius 3 is 1.37 bits per heavy atom. The second kappa shape index (κ2) is 39.4. The Labute approximate surface area is 319 Å². The molecule has 0 fully saturated rings. The van der Waals surface area contributed by atoms with E-state index in [1.807, 2.05) is 0 Å². The molecule has 0 aromatic heterocycles. The van der Waals surface area contributed by atoms with Gasteiger partial charge in [-0.2, -0.15) is 0 Å². The lowest BCUT2D eigenvalue weighted by Gasteiger charge is -2.19. The lowest BCUT2D eigenvalue weighted by Crippen LogP contribution is -2.29. The number of nitrogens with two attached hydrogens (primary N) is 1. The predicted octanol–water partition coefficient (Wildman–Crippen LogP) is 12.2.